The van der Waals surface area contributed by atoms with E-state index in [1.165, 1.54) is 0 Å². The second-order valence-corrected chi connectivity index (χ2v) is 4.42. The Kier molecular flexibility index (Phi) is 4.32. The van der Waals surface area contributed by atoms with Crippen molar-refractivity contribution in [2.75, 3.05) is 6.54 Å². The quantitative estimate of drug-likeness (QED) is 0.775. The van der Waals surface area contributed by atoms with Crippen LogP contribution in [-0.2, 0) is 6.54 Å². The zero-order valence-electron chi connectivity index (χ0n) is 9.29. The molecule has 0 bridgehead atoms. The van der Waals surface area contributed by atoms with Crippen molar-refractivity contribution in [1.82, 2.24) is 10.5 Å². The fraction of sp³-hybridized carbons (Fsp3) is 0.636. The molecule has 0 amide bonds. The van der Waals surface area contributed by atoms with Crippen molar-refractivity contribution in [3.8, 4) is 6.07 Å². The molecule has 15 heavy (non-hydrogen) atoms. The monoisotopic (exact) mass is 207 g/mol. The Balaban J connectivity index is 2.21. The minimum Gasteiger partial charge on any atom is -0.364 e. The summed E-state index contributed by atoms with van der Waals surface area (Å²) in [6.07, 6.45) is 3.09. The lowest BCUT2D eigenvalue weighted by Crippen LogP contribution is -2.29. The fourth-order valence-corrected chi connectivity index (χ4v) is 1.34. The summed E-state index contributed by atoms with van der Waals surface area (Å²) in [5, 5.41) is 15.6. The Hall–Kier alpha value is -1.34. The molecule has 1 aromatic rings. The van der Waals surface area contributed by atoms with E-state index in [1.807, 2.05) is 6.07 Å². The first kappa shape index (κ1) is 11.7. The highest BCUT2D eigenvalue weighted by atomic mass is 16.5. The Morgan fingerprint density at radius 3 is 3.00 bits per heavy atom. The molecule has 0 aliphatic carbocycles. The van der Waals surface area contributed by atoms with Crippen LogP contribution in [0, 0.1) is 16.7 Å². The summed E-state index contributed by atoms with van der Waals surface area (Å²) in [5.41, 5.74) is 1.06. The molecule has 1 N–H and O–H groups in total. The number of hydrogen-bond acceptors (Lipinski definition) is 4. The largest absolute Gasteiger partial charge is 0.364 e. The van der Waals surface area contributed by atoms with E-state index in [0.29, 0.717) is 13.0 Å². The molecule has 0 unspecified atom stereocenters. The van der Waals surface area contributed by atoms with Crippen LogP contribution in [0.15, 0.2) is 16.9 Å². The van der Waals surface area contributed by atoms with Crippen LogP contribution in [0.4, 0.5) is 0 Å². The van der Waals surface area contributed by atoms with Crippen molar-refractivity contribution in [3.05, 3.63) is 18.0 Å². The maximum absolute atomic E-state index is 8.51. The molecule has 4 nitrogen and oxygen atoms in total. The molecule has 0 spiro atoms. The lowest BCUT2D eigenvalue weighted by Gasteiger charge is -2.23. The van der Waals surface area contributed by atoms with Crippen LogP contribution < -0.4 is 5.32 Å². The molecular formula is C11H17N3O. The van der Waals surface area contributed by atoms with E-state index in [-0.39, 0.29) is 5.41 Å². The van der Waals surface area contributed by atoms with Gasteiger partial charge in [0, 0.05) is 25.6 Å². The Morgan fingerprint density at radius 1 is 1.60 bits per heavy atom. The molecule has 0 saturated heterocycles. The molecule has 0 fully saturated rings. The van der Waals surface area contributed by atoms with Crippen molar-refractivity contribution in [1.29, 1.82) is 5.26 Å². The summed E-state index contributed by atoms with van der Waals surface area (Å²) in [7, 11) is 0. The summed E-state index contributed by atoms with van der Waals surface area (Å²) in [6.45, 7) is 5.90. The van der Waals surface area contributed by atoms with Gasteiger partial charge in [-0.15, -0.1) is 0 Å². The molecule has 1 rings (SSSR count). The van der Waals surface area contributed by atoms with E-state index in [0.717, 1.165) is 18.7 Å². The third-order valence-corrected chi connectivity index (χ3v) is 2.31. The zero-order valence-corrected chi connectivity index (χ0v) is 9.29. The first-order valence-electron chi connectivity index (χ1n) is 5.11. The summed E-state index contributed by atoms with van der Waals surface area (Å²) in [6, 6.07) is 4.02. The van der Waals surface area contributed by atoms with Gasteiger partial charge in [0.15, 0.2) is 0 Å². The molecule has 1 heterocycles. The molecule has 82 valence electrons. The maximum Gasteiger partial charge on any atom is 0.124 e. The molecular weight excluding hydrogens is 190 g/mol. The third kappa shape index (κ3) is 4.61. The number of rotatable bonds is 6. The second kappa shape index (κ2) is 5.52. The number of nitrogens with zero attached hydrogens (tertiary/aromatic N) is 2. The predicted octanol–water partition coefficient (Wildman–Crippen LogP) is 2.09. The molecule has 1 aromatic heterocycles. The van der Waals surface area contributed by atoms with Gasteiger partial charge in [-0.3, -0.25) is 0 Å². The van der Waals surface area contributed by atoms with Gasteiger partial charge in [-0.25, -0.2) is 0 Å². The molecule has 0 aromatic carbocycles. The summed E-state index contributed by atoms with van der Waals surface area (Å²) >= 11 is 0. The first-order valence-corrected chi connectivity index (χ1v) is 5.11. The SMILES string of the molecule is CC(C)(CCC#N)CNCc1ccon1. The summed E-state index contributed by atoms with van der Waals surface area (Å²) < 4.78 is 4.73. The van der Waals surface area contributed by atoms with Gasteiger partial charge in [0.05, 0.1) is 11.8 Å². The van der Waals surface area contributed by atoms with E-state index in [1.54, 1.807) is 6.26 Å². The number of hydrogen-bond donors (Lipinski definition) is 1. The van der Waals surface area contributed by atoms with E-state index < -0.39 is 0 Å². The van der Waals surface area contributed by atoms with E-state index in [9.17, 15) is 0 Å². The van der Waals surface area contributed by atoms with Crippen LogP contribution in [0.25, 0.3) is 0 Å². The number of nitrogens with one attached hydrogen (secondary N) is 1. The van der Waals surface area contributed by atoms with Crippen LogP contribution in [0.3, 0.4) is 0 Å². The molecule has 0 radical (unpaired) electrons. The highest BCUT2D eigenvalue weighted by molar-refractivity contribution is 4.94. The van der Waals surface area contributed by atoms with Gasteiger partial charge < -0.3 is 9.84 Å². The van der Waals surface area contributed by atoms with Crippen LogP contribution in [0.2, 0.25) is 0 Å². The van der Waals surface area contributed by atoms with Crippen LogP contribution in [0.5, 0.6) is 0 Å². The summed E-state index contributed by atoms with van der Waals surface area (Å²) in [5.74, 6) is 0. The Morgan fingerprint density at radius 2 is 2.40 bits per heavy atom. The predicted molar refractivity (Wildman–Crippen MR) is 56.8 cm³/mol. The van der Waals surface area contributed by atoms with Crippen molar-refractivity contribution in [3.63, 3.8) is 0 Å². The highest BCUT2D eigenvalue weighted by Gasteiger charge is 2.16. The first-order chi connectivity index (χ1) is 7.14. The minimum absolute atomic E-state index is 0.152. The lowest BCUT2D eigenvalue weighted by molar-refractivity contribution is 0.314. The Bertz CT molecular complexity index is 311. The van der Waals surface area contributed by atoms with E-state index in [2.05, 4.69) is 30.4 Å². The van der Waals surface area contributed by atoms with Gasteiger partial charge in [-0.2, -0.15) is 5.26 Å². The number of aromatic nitrogens is 1. The molecule has 0 saturated carbocycles. The van der Waals surface area contributed by atoms with Gasteiger partial charge in [0.25, 0.3) is 0 Å². The maximum atomic E-state index is 8.51. The standard InChI is InChI=1S/C11H17N3O/c1-11(2,5-3-6-12)9-13-8-10-4-7-15-14-10/h4,7,13H,3,5,8-9H2,1-2H3. The zero-order chi connectivity index (χ0) is 11.1. The normalized spacial score (nSPS) is 11.3. The summed E-state index contributed by atoms with van der Waals surface area (Å²) in [4.78, 5) is 0. The minimum atomic E-state index is 0.152. The van der Waals surface area contributed by atoms with Crippen molar-refractivity contribution >= 4 is 0 Å². The number of nitriles is 1. The second-order valence-electron chi connectivity index (χ2n) is 4.42. The third-order valence-electron chi connectivity index (χ3n) is 2.31. The highest BCUT2D eigenvalue weighted by Crippen LogP contribution is 2.20. The topological polar surface area (TPSA) is 61.9 Å². The average Bonchev–Trinajstić information content (AvgIpc) is 2.67. The van der Waals surface area contributed by atoms with Gasteiger partial charge in [0.2, 0.25) is 0 Å². The molecule has 0 aliphatic heterocycles. The van der Waals surface area contributed by atoms with Crippen LogP contribution in [-0.4, -0.2) is 11.7 Å². The average molecular weight is 207 g/mol. The van der Waals surface area contributed by atoms with Crippen molar-refractivity contribution in [2.45, 2.75) is 33.2 Å². The van der Waals surface area contributed by atoms with Crippen LogP contribution in [0.1, 0.15) is 32.4 Å². The van der Waals surface area contributed by atoms with Crippen molar-refractivity contribution in [2.24, 2.45) is 5.41 Å². The Labute approximate surface area is 90.3 Å². The molecule has 4 heteroatoms. The van der Waals surface area contributed by atoms with E-state index >= 15 is 0 Å². The molecule has 0 atom stereocenters. The van der Waals surface area contributed by atoms with Gasteiger partial charge >= 0.3 is 0 Å². The fourth-order valence-electron chi connectivity index (χ4n) is 1.34. The van der Waals surface area contributed by atoms with Crippen molar-refractivity contribution < 1.29 is 4.52 Å². The van der Waals surface area contributed by atoms with Crippen LogP contribution >= 0.6 is 0 Å². The van der Waals surface area contributed by atoms with Gasteiger partial charge in [-0.1, -0.05) is 19.0 Å². The van der Waals surface area contributed by atoms with E-state index in [4.69, 9.17) is 9.78 Å². The molecule has 0 aliphatic rings. The smallest absolute Gasteiger partial charge is 0.124 e. The lowest BCUT2D eigenvalue weighted by atomic mass is 9.88. The van der Waals surface area contributed by atoms with Gasteiger partial charge in [-0.05, 0) is 11.8 Å². The van der Waals surface area contributed by atoms with Gasteiger partial charge in [0.1, 0.15) is 6.26 Å².